The summed E-state index contributed by atoms with van der Waals surface area (Å²) < 4.78 is 1.97. The maximum atomic E-state index is 8.70. The molecule has 0 bridgehead atoms. The second-order valence-electron chi connectivity index (χ2n) is 3.33. The van der Waals surface area contributed by atoms with E-state index in [4.69, 9.17) is 11.0 Å². The smallest absolute Gasteiger partial charge is 0.122 e. The Labute approximate surface area is 77.0 Å². The van der Waals surface area contributed by atoms with Crippen LogP contribution in [-0.4, -0.2) is 9.78 Å². The van der Waals surface area contributed by atoms with Crippen LogP contribution < -0.4 is 5.73 Å². The minimum atomic E-state index is -0.512. The summed E-state index contributed by atoms with van der Waals surface area (Å²) in [5, 5.41) is 12.9. The monoisotopic (exact) mass is 176 g/mol. The fourth-order valence-corrected chi connectivity index (χ4v) is 1.77. The average molecular weight is 176 g/mol. The van der Waals surface area contributed by atoms with Crippen LogP contribution in [0, 0.1) is 11.3 Å². The van der Waals surface area contributed by atoms with E-state index in [1.807, 2.05) is 10.8 Å². The maximum absolute atomic E-state index is 8.70. The number of nitriles is 1. The highest BCUT2D eigenvalue weighted by molar-refractivity contribution is 5.27. The summed E-state index contributed by atoms with van der Waals surface area (Å²) in [5.41, 5.74) is 7.71. The summed E-state index contributed by atoms with van der Waals surface area (Å²) in [7, 11) is 0. The standard InChI is InChI=1S/C9H12N4/c10-5-8(11)7-6-12-13-4-2-1-3-9(7)13/h6,8H,1-4,11H2. The highest BCUT2D eigenvalue weighted by Gasteiger charge is 2.18. The van der Waals surface area contributed by atoms with Crippen molar-refractivity contribution in [3.8, 4) is 6.07 Å². The van der Waals surface area contributed by atoms with Crippen LogP contribution >= 0.6 is 0 Å². The fourth-order valence-electron chi connectivity index (χ4n) is 1.77. The van der Waals surface area contributed by atoms with Crippen molar-refractivity contribution in [1.82, 2.24) is 9.78 Å². The van der Waals surface area contributed by atoms with Crippen molar-refractivity contribution in [3.05, 3.63) is 17.5 Å². The molecule has 2 rings (SSSR count). The van der Waals surface area contributed by atoms with Crippen LogP contribution in [0.15, 0.2) is 6.20 Å². The molecule has 1 aromatic heterocycles. The Morgan fingerprint density at radius 3 is 3.23 bits per heavy atom. The molecule has 0 radical (unpaired) electrons. The minimum Gasteiger partial charge on any atom is -0.312 e. The molecule has 0 saturated carbocycles. The van der Waals surface area contributed by atoms with Crippen molar-refractivity contribution in [3.63, 3.8) is 0 Å². The van der Waals surface area contributed by atoms with E-state index in [1.165, 1.54) is 12.8 Å². The fraction of sp³-hybridized carbons (Fsp3) is 0.556. The highest BCUT2D eigenvalue weighted by Crippen LogP contribution is 2.21. The molecule has 0 spiro atoms. The first kappa shape index (κ1) is 8.27. The summed E-state index contributed by atoms with van der Waals surface area (Å²) >= 11 is 0. The van der Waals surface area contributed by atoms with Gasteiger partial charge in [0.15, 0.2) is 0 Å². The van der Waals surface area contributed by atoms with E-state index in [2.05, 4.69) is 5.10 Å². The predicted molar refractivity (Wildman–Crippen MR) is 47.7 cm³/mol. The molecule has 1 aromatic rings. The van der Waals surface area contributed by atoms with Gasteiger partial charge in [0.05, 0.1) is 12.3 Å². The summed E-state index contributed by atoms with van der Waals surface area (Å²) in [6.07, 6.45) is 5.09. The first-order valence-corrected chi connectivity index (χ1v) is 4.52. The van der Waals surface area contributed by atoms with Gasteiger partial charge in [0.25, 0.3) is 0 Å². The van der Waals surface area contributed by atoms with Crippen LogP contribution in [-0.2, 0) is 13.0 Å². The lowest BCUT2D eigenvalue weighted by molar-refractivity contribution is 0.483. The van der Waals surface area contributed by atoms with Crippen molar-refractivity contribution in [1.29, 1.82) is 5.26 Å². The number of rotatable bonds is 1. The third kappa shape index (κ3) is 1.31. The Balaban J connectivity index is 2.38. The summed E-state index contributed by atoms with van der Waals surface area (Å²) in [5.74, 6) is 0. The van der Waals surface area contributed by atoms with Crippen LogP contribution in [0.3, 0.4) is 0 Å². The van der Waals surface area contributed by atoms with Gasteiger partial charge in [-0.25, -0.2) is 0 Å². The average Bonchev–Trinajstić information content (AvgIpc) is 2.60. The van der Waals surface area contributed by atoms with Crippen LogP contribution in [0.2, 0.25) is 0 Å². The third-order valence-corrected chi connectivity index (χ3v) is 2.49. The first-order valence-electron chi connectivity index (χ1n) is 4.52. The summed E-state index contributed by atoms with van der Waals surface area (Å²) in [6.45, 7) is 0.966. The number of aryl methyl sites for hydroxylation is 1. The Hall–Kier alpha value is -1.34. The van der Waals surface area contributed by atoms with E-state index in [0.717, 1.165) is 24.2 Å². The van der Waals surface area contributed by atoms with Gasteiger partial charge in [0, 0.05) is 17.8 Å². The van der Waals surface area contributed by atoms with E-state index in [-0.39, 0.29) is 0 Å². The van der Waals surface area contributed by atoms with Crippen LogP contribution in [0.5, 0.6) is 0 Å². The van der Waals surface area contributed by atoms with E-state index in [0.29, 0.717) is 0 Å². The number of hydrogen-bond acceptors (Lipinski definition) is 3. The van der Waals surface area contributed by atoms with E-state index >= 15 is 0 Å². The molecule has 4 heteroatoms. The van der Waals surface area contributed by atoms with Gasteiger partial charge in [0.1, 0.15) is 6.04 Å². The van der Waals surface area contributed by atoms with Gasteiger partial charge in [-0.1, -0.05) is 0 Å². The first-order chi connectivity index (χ1) is 6.33. The van der Waals surface area contributed by atoms with Crippen molar-refractivity contribution in [2.45, 2.75) is 31.8 Å². The summed E-state index contributed by atoms with van der Waals surface area (Å²) in [6, 6.07) is 1.53. The van der Waals surface area contributed by atoms with Gasteiger partial charge >= 0.3 is 0 Å². The summed E-state index contributed by atoms with van der Waals surface area (Å²) in [4.78, 5) is 0. The van der Waals surface area contributed by atoms with Crippen molar-refractivity contribution >= 4 is 0 Å². The van der Waals surface area contributed by atoms with E-state index in [1.54, 1.807) is 6.20 Å². The van der Waals surface area contributed by atoms with Gasteiger partial charge < -0.3 is 5.73 Å². The Bertz CT molecular complexity index is 347. The molecule has 0 saturated heterocycles. The molecule has 2 N–H and O–H groups in total. The zero-order chi connectivity index (χ0) is 9.26. The molecule has 1 aliphatic rings. The predicted octanol–water partition coefficient (Wildman–Crippen LogP) is 0.743. The molecule has 1 aliphatic heterocycles. The highest BCUT2D eigenvalue weighted by atomic mass is 15.3. The third-order valence-electron chi connectivity index (χ3n) is 2.49. The molecule has 0 amide bonds. The van der Waals surface area contributed by atoms with Crippen molar-refractivity contribution in [2.24, 2.45) is 5.73 Å². The molecule has 4 nitrogen and oxygen atoms in total. The Morgan fingerprint density at radius 1 is 1.62 bits per heavy atom. The molecule has 0 fully saturated rings. The number of nitrogens with two attached hydrogens (primary N) is 1. The molecule has 68 valence electrons. The number of fused-ring (bicyclic) bond motifs is 1. The quantitative estimate of drug-likeness (QED) is 0.686. The van der Waals surface area contributed by atoms with Gasteiger partial charge in [-0.3, -0.25) is 4.68 Å². The van der Waals surface area contributed by atoms with Crippen LogP contribution in [0.4, 0.5) is 0 Å². The minimum absolute atomic E-state index is 0.512. The maximum Gasteiger partial charge on any atom is 0.122 e. The number of aromatic nitrogens is 2. The van der Waals surface area contributed by atoms with Crippen LogP contribution in [0.1, 0.15) is 30.1 Å². The molecule has 2 heterocycles. The second kappa shape index (κ2) is 3.19. The normalized spacial score (nSPS) is 17.5. The van der Waals surface area contributed by atoms with E-state index in [9.17, 15) is 0 Å². The lowest BCUT2D eigenvalue weighted by atomic mass is 10.0. The Kier molecular flexibility index (Phi) is 2.03. The zero-order valence-electron chi connectivity index (χ0n) is 7.40. The molecule has 13 heavy (non-hydrogen) atoms. The van der Waals surface area contributed by atoms with Gasteiger partial charge in [-0.15, -0.1) is 0 Å². The molecule has 1 atom stereocenters. The van der Waals surface area contributed by atoms with E-state index < -0.39 is 6.04 Å². The van der Waals surface area contributed by atoms with Crippen LogP contribution in [0.25, 0.3) is 0 Å². The topological polar surface area (TPSA) is 67.6 Å². The molecule has 0 aromatic carbocycles. The largest absolute Gasteiger partial charge is 0.312 e. The zero-order valence-corrected chi connectivity index (χ0v) is 7.40. The Morgan fingerprint density at radius 2 is 2.46 bits per heavy atom. The van der Waals surface area contributed by atoms with Crippen molar-refractivity contribution < 1.29 is 0 Å². The number of hydrogen-bond donors (Lipinski definition) is 1. The number of nitrogens with zero attached hydrogens (tertiary/aromatic N) is 3. The second-order valence-corrected chi connectivity index (χ2v) is 3.33. The van der Waals surface area contributed by atoms with Gasteiger partial charge in [0.2, 0.25) is 0 Å². The molecule has 0 aliphatic carbocycles. The van der Waals surface area contributed by atoms with Gasteiger partial charge in [-0.05, 0) is 19.3 Å². The molecular formula is C9H12N4. The molecule has 1 unspecified atom stereocenters. The molecular weight excluding hydrogens is 164 g/mol. The van der Waals surface area contributed by atoms with Crippen molar-refractivity contribution in [2.75, 3.05) is 0 Å². The lowest BCUT2D eigenvalue weighted by Crippen LogP contribution is -2.15. The SMILES string of the molecule is N#CC(N)c1cnn2c1CCCC2. The van der Waals surface area contributed by atoms with Gasteiger partial charge in [-0.2, -0.15) is 10.4 Å². The lowest BCUT2D eigenvalue weighted by Gasteiger charge is -2.15.